The first-order valence-electron chi connectivity index (χ1n) is 5.03. The number of benzene rings is 1. The average Bonchev–Trinajstić information content (AvgIpc) is 2.54. The zero-order chi connectivity index (χ0) is 11.9. The molecule has 1 aliphatic rings. The lowest BCUT2D eigenvalue weighted by Gasteiger charge is -2.19. The molecule has 5 heteroatoms. The maximum absolute atomic E-state index is 13.4. The minimum absolute atomic E-state index is 0.134. The number of halogens is 2. The fraction of sp³-hybridized carbons (Fsp3) is 0.364. The highest BCUT2D eigenvalue weighted by molar-refractivity contribution is 9.10. The van der Waals surface area contributed by atoms with E-state index >= 15 is 0 Å². The molecule has 1 atom stereocenters. The fourth-order valence-electron chi connectivity index (χ4n) is 1.87. The maximum atomic E-state index is 13.4. The standard InChI is InChI=1S/C11H12BrFN2O/c1-6-4-7(12)8(13)5-10(6)15-3-2-9(14)11(15)16/h4-5,9H,2-3,14H2,1H3. The summed E-state index contributed by atoms with van der Waals surface area (Å²) in [4.78, 5) is 13.3. The van der Waals surface area contributed by atoms with E-state index in [0.717, 1.165) is 5.56 Å². The summed E-state index contributed by atoms with van der Waals surface area (Å²) in [5.41, 5.74) is 7.10. The van der Waals surface area contributed by atoms with Crippen LogP contribution < -0.4 is 10.6 Å². The quantitative estimate of drug-likeness (QED) is 0.858. The summed E-state index contributed by atoms with van der Waals surface area (Å²) >= 11 is 3.11. The molecule has 3 nitrogen and oxygen atoms in total. The van der Waals surface area contributed by atoms with Crippen LogP contribution in [0.25, 0.3) is 0 Å². The van der Waals surface area contributed by atoms with Crippen molar-refractivity contribution in [2.75, 3.05) is 11.4 Å². The Balaban J connectivity index is 2.41. The molecule has 0 spiro atoms. The Labute approximate surface area is 102 Å². The van der Waals surface area contributed by atoms with Crippen molar-refractivity contribution in [1.29, 1.82) is 0 Å². The third kappa shape index (κ3) is 1.85. The average molecular weight is 287 g/mol. The zero-order valence-electron chi connectivity index (χ0n) is 8.84. The molecule has 2 N–H and O–H groups in total. The lowest BCUT2D eigenvalue weighted by atomic mass is 10.2. The molecule has 2 rings (SSSR count). The minimum atomic E-state index is -0.453. The Kier molecular flexibility index (Phi) is 2.99. The highest BCUT2D eigenvalue weighted by Crippen LogP contribution is 2.29. The lowest BCUT2D eigenvalue weighted by molar-refractivity contribution is -0.118. The first kappa shape index (κ1) is 11.5. The fourth-order valence-corrected chi connectivity index (χ4v) is 2.33. The van der Waals surface area contributed by atoms with Crippen LogP contribution in [0.15, 0.2) is 16.6 Å². The molecule has 1 unspecified atom stereocenters. The van der Waals surface area contributed by atoms with Gasteiger partial charge in [-0.05, 0) is 47.0 Å². The zero-order valence-corrected chi connectivity index (χ0v) is 10.4. The predicted octanol–water partition coefficient (Wildman–Crippen LogP) is 1.96. The van der Waals surface area contributed by atoms with Gasteiger partial charge in [-0.15, -0.1) is 0 Å². The molecule has 1 aromatic rings. The molecule has 1 fully saturated rings. The molecule has 1 saturated heterocycles. The van der Waals surface area contributed by atoms with Gasteiger partial charge in [0, 0.05) is 12.2 Å². The first-order valence-corrected chi connectivity index (χ1v) is 5.82. The number of nitrogens with two attached hydrogens (primary N) is 1. The Morgan fingerprint density at radius 2 is 2.25 bits per heavy atom. The topological polar surface area (TPSA) is 46.3 Å². The molecule has 0 aliphatic carbocycles. The molecule has 1 aromatic carbocycles. The molecule has 0 bridgehead atoms. The number of hydrogen-bond acceptors (Lipinski definition) is 2. The first-order chi connectivity index (χ1) is 7.50. The van der Waals surface area contributed by atoms with Gasteiger partial charge in [-0.25, -0.2) is 4.39 Å². The van der Waals surface area contributed by atoms with Crippen molar-refractivity contribution in [3.8, 4) is 0 Å². The number of aryl methyl sites for hydroxylation is 1. The van der Waals surface area contributed by atoms with Crippen LogP contribution in [0.4, 0.5) is 10.1 Å². The Bertz CT molecular complexity index is 450. The molecule has 86 valence electrons. The van der Waals surface area contributed by atoms with Gasteiger partial charge in [0.1, 0.15) is 5.82 Å². The number of carbonyl (C=O) groups excluding carboxylic acids is 1. The van der Waals surface area contributed by atoms with Gasteiger partial charge in [-0.2, -0.15) is 0 Å². The van der Waals surface area contributed by atoms with Crippen molar-refractivity contribution >= 4 is 27.5 Å². The lowest BCUT2D eigenvalue weighted by Crippen LogP contribution is -2.34. The summed E-state index contributed by atoms with van der Waals surface area (Å²) in [6, 6.07) is 2.59. The molecule has 0 radical (unpaired) electrons. The summed E-state index contributed by atoms with van der Waals surface area (Å²) < 4.78 is 13.8. The van der Waals surface area contributed by atoms with E-state index in [1.807, 2.05) is 6.92 Å². The highest BCUT2D eigenvalue weighted by atomic mass is 79.9. The van der Waals surface area contributed by atoms with E-state index in [2.05, 4.69) is 15.9 Å². The van der Waals surface area contributed by atoms with E-state index in [1.165, 1.54) is 6.07 Å². The second kappa shape index (κ2) is 4.14. The van der Waals surface area contributed by atoms with Crippen LogP contribution in [0, 0.1) is 12.7 Å². The van der Waals surface area contributed by atoms with Gasteiger partial charge >= 0.3 is 0 Å². The van der Waals surface area contributed by atoms with Crippen LogP contribution in [0.2, 0.25) is 0 Å². The van der Waals surface area contributed by atoms with Crippen LogP contribution >= 0.6 is 15.9 Å². The van der Waals surface area contributed by atoms with Crippen molar-refractivity contribution in [2.24, 2.45) is 5.73 Å². The predicted molar refractivity (Wildman–Crippen MR) is 63.8 cm³/mol. The van der Waals surface area contributed by atoms with Crippen molar-refractivity contribution in [3.05, 3.63) is 28.0 Å². The number of amides is 1. The van der Waals surface area contributed by atoms with Crippen LogP contribution in [-0.4, -0.2) is 18.5 Å². The van der Waals surface area contributed by atoms with E-state index in [9.17, 15) is 9.18 Å². The van der Waals surface area contributed by atoms with Gasteiger partial charge in [0.2, 0.25) is 5.91 Å². The number of carbonyl (C=O) groups is 1. The summed E-state index contributed by atoms with van der Waals surface area (Å²) in [6.07, 6.45) is 0.621. The van der Waals surface area contributed by atoms with Crippen molar-refractivity contribution in [3.63, 3.8) is 0 Å². The van der Waals surface area contributed by atoms with Crippen LogP contribution in [0.5, 0.6) is 0 Å². The van der Waals surface area contributed by atoms with Gasteiger partial charge in [-0.1, -0.05) is 0 Å². The van der Waals surface area contributed by atoms with Crippen molar-refractivity contribution in [1.82, 2.24) is 0 Å². The van der Waals surface area contributed by atoms with Crippen LogP contribution in [0.3, 0.4) is 0 Å². The molecular weight excluding hydrogens is 275 g/mol. The van der Waals surface area contributed by atoms with Crippen molar-refractivity contribution in [2.45, 2.75) is 19.4 Å². The van der Waals surface area contributed by atoms with Crippen molar-refractivity contribution < 1.29 is 9.18 Å². The van der Waals surface area contributed by atoms with E-state index in [1.54, 1.807) is 11.0 Å². The van der Waals surface area contributed by atoms with Crippen LogP contribution in [-0.2, 0) is 4.79 Å². The number of nitrogens with zero attached hydrogens (tertiary/aromatic N) is 1. The van der Waals surface area contributed by atoms with Gasteiger partial charge in [0.05, 0.1) is 10.5 Å². The normalized spacial score (nSPS) is 20.6. The number of rotatable bonds is 1. The number of hydrogen-bond donors (Lipinski definition) is 1. The summed E-state index contributed by atoms with van der Waals surface area (Å²) in [5, 5.41) is 0. The largest absolute Gasteiger partial charge is 0.320 e. The third-order valence-electron chi connectivity index (χ3n) is 2.78. The molecule has 1 aliphatic heterocycles. The summed E-state index contributed by atoms with van der Waals surface area (Å²) in [5.74, 6) is -0.501. The highest BCUT2D eigenvalue weighted by Gasteiger charge is 2.30. The number of anilines is 1. The van der Waals surface area contributed by atoms with Gasteiger partial charge in [0.15, 0.2) is 0 Å². The molecule has 1 amide bonds. The second-order valence-corrected chi connectivity index (χ2v) is 4.79. The summed E-state index contributed by atoms with van der Waals surface area (Å²) in [7, 11) is 0. The van der Waals surface area contributed by atoms with Gasteiger partial charge in [0.25, 0.3) is 0 Å². The van der Waals surface area contributed by atoms with Gasteiger partial charge in [-0.3, -0.25) is 4.79 Å². The van der Waals surface area contributed by atoms with E-state index in [0.29, 0.717) is 23.1 Å². The minimum Gasteiger partial charge on any atom is -0.320 e. The van der Waals surface area contributed by atoms with E-state index < -0.39 is 6.04 Å². The molecule has 1 heterocycles. The van der Waals surface area contributed by atoms with E-state index in [4.69, 9.17) is 5.73 Å². The third-order valence-corrected chi connectivity index (χ3v) is 3.38. The Hall–Kier alpha value is -0.940. The SMILES string of the molecule is Cc1cc(Br)c(F)cc1N1CCC(N)C1=O. The Morgan fingerprint density at radius 3 is 2.81 bits per heavy atom. The molecular formula is C11H12BrFN2O. The van der Waals surface area contributed by atoms with Gasteiger partial charge < -0.3 is 10.6 Å². The second-order valence-electron chi connectivity index (χ2n) is 3.94. The molecule has 0 aromatic heterocycles. The smallest absolute Gasteiger partial charge is 0.243 e. The monoisotopic (exact) mass is 286 g/mol. The molecule has 0 saturated carbocycles. The molecule has 16 heavy (non-hydrogen) atoms. The van der Waals surface area contributed by atoms with E-state index in [-0.39, 0.29) is 11.7 Å². The Morgan fingerprint density at radius 1 is 1.56 bits per heavy atom. The maximum Gasteiger partial charge on any atom is 0.243 e. The van der Waals surface area contributed by atoms with Crippen LogP contribution in [0.1, 0.15) is 12.0 Å². The summed E-state index contributed by atoms with van der Waals surface area (Å²) in [6.45, 7) is 2.40.